The van der Waals surface area contributed by atoms with Crippen LogP contribution in [0.1, 0.15) is 30.9 Å². The molecule has 0 aromatic heterocycles. The van der Waals surface area contributed by atoms with Crippen LogP contribution in [0.3, 0.4) is 0 Å². The Morgan fingerprint density at radius 2 is 1.71 bits per heavy atom. The van der Waals surface area contributed by atoms with E-state index in [2.05, 4.69) is 0 Å². The maximum Gasteiger partial charge on any atom is 0.0760 e. The molecule has 0 saturated heterocycles. The lowest BCUT2D eigenvalue weighted by atomic mass is 9.77. The molecule has 1 aromatic carbocycles. The summed E-state index contributed by atoms with van der Waals surface area (Å²) in [7, 11) is 0. The fourth-order valence-electron chi connectivity index (χ4n) is 2.04. The third-order valence-electron chi connectivity index (χ3n) is 3.27. The van der Waals surface area contributed by atoms with Gasteiger partial charge in [-0.1, -0.05) is 29.6 Å². The van der Waals surface area contributed by atoms with Crippen LogP contribution >= 0.6 is 35.6 Å². The van der Waals surface area contributed by atoms with Crippen molar-refractivity contribution < 1.29 is 5.11 Å². The molecule has 1 aliphatic carbocycles. The van der Waals surface area contributed by atoms with E-state index in [0.29, 0.717) is 16.0 Å². The lowest BCUT2D eigenvalue weighted by Gasteiger charge is -2.33. The molecule has 96 valence electrons. The molecule has 5 heteroatoms. The highest BCUT2D eigenvalue weighted by atomic mass is 35.5. The molecule has 0 aliphatic heterocycles. The number of hydrogen-bond acceptors (Lipinski definition) is 2. The van der Waals surface area contributed by atoms with Gasteiger partial charge < -0.3 is 10.8 Å². The molecule has 0 bridgehead atoms. The molecule has 0 unspecified atom stereocenters. The summed E-state index contributed by atoms with van der Waals surface area (Å²) >= 11 is 11.8. The Bertz CT molecular complexity index is 362. The summed E-state index contributed by atoms with van der Waals surface area (Å²) in [5.41, 5.74) is 6.82. The van der Waals surface area contributed by atoms with Crippen molar-refractivity contribution in [2.24, 2.45) is 11.7 Å². The largest absolute Gasteiger partial charge is 0.391 e. The summed E-state index contributed by atoms with van der Waals surface area (Å²) in [6.45, 7) is 0. The van der Waals surface area contributed by atoms with Crippen molar-refractivity contribution in [3.05, 3.63) is 33.8 Å². The van der Waals surface area contributed by atoms with Crippen molar-refractivity contribution in [1.82, 2.24) is 0 Å². The normalized spacial score (nSPS) is 19.1. The maximum atomic E-state index is 10.1. The van der Waals surface area contributed by atoms with Gasteiger partial charge >= 0.3 is 0 Å². The smallest absolute Gasteiger partial charge is 0.0760 e. The Morgan fingerprint density at radius 1 is 1.18 bits per heavy atom. The molecule has 3 N–H and O–H groups in total. The summed E-state index contributed by atoms with van der Waals surface area (Å²) in [4.78, 5) is 0. The van der Waals surface area contributed by atoms with Gasteiger partial charge in [-0.15, -0.1) is 12.4 Å². The summed E-state index contributed by atoms with van der Waals surface area (Å²) in [5, 5.41) is 11.2. The molecule has 1 aliphatic rings. The topological polar surface area (TPSA) is 46.2 Å². The molecular formula is C12H16Cl3NO. The Morgan fingerprint density at radius 3 is 2.12 bits per heavy atom. The zero-order valence-corrected chi connectivity index (χ0v) is 11.6. The van der Waals surface area contributed by atoms with Crippen LogP contribution in [0, 0.1) is 5.92 Å². The van der Waals surface area contributed by atoms with Gasteiger partial charge in [-0.2, -0.15) is 0 Å². The van der Waals surface area contributed by atoms with Gasteiger partial charge in [-0.25, -0.2) is 0 Å². The summed E-state index contributed by atoms with van der Waals surface area (Å²) in [5.74, 6) is 0.327. The first kappa shape index (κ1) is 15.1. The first-order valence-electron chi connectivity index (χ1n) is 5.47. The summed E-state index contributed by atoms with van der Waals surface area (Å²) in [6.07, 6.45) is 2.81. The number of nitrogens with two attached hydrogens (primary N) is 1. The first-order chi connectivity index (χ1) is 7.58. The van der Waals surface area contributed by atoms with Gasteiger partial charge in [0.25, 0.3) is 0 Å². The summed E-state index contributed by atoms with van der Waals surface area (Å²) < 4.78 is 0. The van der Waals surface area contributed by atoms with Crippen molar-refractivity contribution in [2.45, 2.75) is 31.4 Å². The van der Waals surface area contributed by atoms with Crippen molar-refractivity contribution in [3.8, 4) is 0 Å². The van der Waals surface area contributed by atoms with Crippen LogP contribution in [0.5, 0.6) is 0 Å². The average molecular weight is 297 g/mol. The van der Waals surface area contributed by atoms with Crippen LogP contribution in [0.4, 0.5) is 0 Å². The fourth-order valence-corrected chi connectivity index (χ4v) is 2.58. The molecule has 1 aromatic rings. The highest BCUT2D eigenvalue weighted by molar-refractivity contribution is 6.34. The third-order valence-corrected chi connectivity index (χ3v) is 3.71. The Hall–Kier alpha value is 0.01000. The van der Waals surface area contributed by atoms with Crippen molar-refractivity contribution in [2.75, 3.05) is 0 Å². The monoisotopic (exact) mass is 295 g/mol. The maximum absolute atomic E-state index is 10.1. The Labute approximate surface area is 118 Å². The second kappa shape index (κ2) is 6.26. The molecular weight excluding hydrogens is 280 g/mol. The van der Waals surface area contributed by atoms with E-state index in [0.717, 1.165) is 18.4 Å². The zero-order valence-electron chi connectivity index (χ0n) is 9.27. The lowest BCUT2D eigenvalue weighted by molar-refractivity contribution is 0.0414. The molecule has 0 spiro atoms. The van der Waals surface area contributed by atoms with Crippen LogP contribution in [0.2, 0.25) is 10.0 Å². The van der Waals surface area contributed by atoms with E-state index in [1.165, 1.54) is 6.42 Å². The third kappa shape index (κ3) is 3.49. The van der Waals surface area contributed by atoms with Crippen LogP contribution in [-0.4, -0.2) is 11.2 Å². The Balaban J connectivity index is 0.00000144. The van der Waals surface area contributed by atoms with E-state index < -0.39 is 12.1 Å². The number of aliphatic hydroxyl groups is 1. The second-order valence-electron chi connectivity index (χ2n) is 4.41. The van der Waals surface area contributed by atoms with Gasteiger partial charge in [-0.3, -0.25) is 0 Å². The summed E-state index contributed by atoms with van der Waals surface area (Å²) in [6, 6.07) is 4.79. The van der Waals surface area contributed by atoms with E-state index in [-0.39, 0.29) is 12.4 Å². The minimum Gasteiger partial charge on any atom is -0.391 e. The van der Waals surface area contributed by atoms with E-state index in [1.807, 2.05) is 0 Å². The fraction of sp³-hybridized carbons (Fsp3) is 0.500. The predicted molar refractivity (Wildman–Crippen MR) is 74.0 cm³/mol. The van der Waals surface area contributed by atoms with Crippen molar-refractivity contribution in [3.63, 3.8) is 0 Å². The van der Waals surface area contributed by atoms with Crippen LogP contribution in [0.25, 0.3) is 0 Å². The molecule has 17 heavy (non-hydrogen) atoms. The zero-order chi connectivity index (χ0) is 11.7. The SMILES string of the molecule is Cl.N[C@H](c1cc(Cl)cc(Cl)c1)[C@@H](O)C1CCC1. The van der Waals surface area contributed by atoms with E-state index in [4.69, 9.17) is 28.9 Å². The lowest BCUT2D eigenvalue weighted by Crippen LogP contribution is -2.36. The average Bonchev–Trinajstić information content (AvgIpc) is 2.12. The van der Waals surface area contributed by atoms with E-state index in [1.54, 1.807) is 18.2 Å². The van der Waals surface area contributed by atoms with Gasteiger partial charge in [0, 0.05) is 10.0 Å². The molecule has 2 nitrogen and oxygen atoms in total. The van der Waals surface area contributed by atoms with Gasteiger partial charge in [0.1, 0.15) is 0 Å². The predicted octanol–water partition coefficient (Wildman–Crippen LogP) is 3.58. The molecule has 1 saturated carbocycles. The minimum atomic E-state index is -0.497. The molecule has 0 amide bonds. The highest BCUT2D eigenvalue weighted by Crippen LogP contribution is 2.35. The minimum absolute atomic E-state index is 0. The van der Waals surface area contributed by atoms with Crippen molar-refractivity contribution >= 4 is 35.6 Å². The van der Waals surface area contributed by atoms with Crippen molar-refractivity contribution in [1.29, 1.82) is 0 Å². The molecule has 1 fully saturated rings. The van der Waals surface area contributed by atoms with Gasteiger partial charge in [0.15, 0.2) is 0 Å². The van der Waals surface area contributed by atoms with Crippen LogP contribution in [-0.2, 0) is 0 Å². The van der Waals surface area contributed by atoms with Crippen LogP contribution < -0.4 is 5.73 Å². The number of halogens is 3. The van der Waals surface area contributed by atoms with Gasteiger partial charge in [0.05, 0.1) is 12.1 Å². The first-order valence-corrected chi connectivity index (χ1v) is 6.23. The van der Waals surface area contributed by atoms with Gasteiger partial charge in [0.2, 0.25) is 0 Å². The Kier molecular flexibility index (Phi) is 5.55. The van der Waals surface area contributed by atoms with E-state index >= 15 is 0 Å². The molecule has 0 heterocycles. The highest BCUT2D eigenvalue weighted by Gasteiger charge is 2.30. The number of hydrogen-bond donors (Lipinski definition) is 2. The molecule has 2 rings (SSSR count). The number of rotatable bonds is 3. The molecule has 2 atom stereocenters. The second-order valence-corrected chi connectivity index (χ2v) is 5.28. The van der Waals surface area contributed by atoms with E-state index in [9.17, 15) is 5.11 Å². The molecule has 0 radical (unpaired) electrons. The standard InChI is InChI=1S/C12H15Cl2NO.ClH/c13-9-4-8(5-10(14)6-9)11(15)12(16)7-2-1-3-7;/h4-7,11-12,16H,1-3,15H2;1H/t11-,12+;/m1./s1. The van der Waals surface area contributed by atoms with Gasteiger partial charge in [-0.05, 0) is 42.5 Å². The quantitative estimate of drug-likeness (QED) is 0.895. The number of aliphatic hydroxyl groups excluding tert-OH is 1. The number of benzene rings is 1. The van der Waals surface area contributed by atoms with Crippen LogP contribution in [0.15, 0.2) is 18.2 Å².